The summed E-state index contributed by atoms with van der Waals surface area (Å²) in [7, 11) is 0. The maximum atomic E-state index is 3.68. The second kappa shape index (κ2) is 7.64. The lowest BCUT2D eigenvalue weighted by Crippen LogP contribution is -2.56. The molecule has 1 aliphatic heterocycles. The molecule has 2 fully saturated rings. The highest BCUT2D eigenvalue weighted by Crippen LogP contribution is 2.30. The highest BCUT2D eigenvalue weighted by atomic mass is 15.2. The van der Waals surface area contributed by atoms with Gasteiger partial charge in [-0.15, -0.1) is 0 Å². The molecular formula is C17H34N2. The Morgan fingerprint density at radius 2 is 1.58 bits per heavy atom. The first-order chi connectivity index (χ1) is 9.24. The van der Waals surface area contributed by atoms with Crippen LogP contribution in [0.4, 0.5) is 0 Å². The van der Waals surface area contributed by atoms with Gasteiger partial charge in [0.2, 0.25) is 0 Å². The quantitative estimate of drug-likeness (QED) is 0.835. The number of rotatable bonds is 3. The Hall–Kier alpha value is -0.0800. The predicted octanol–water partition coefficient (Wildman–Crippen LogP) is 3.81. The monoisotopic (exact) mass is 266 g/mol. The van der Waals surface area contributed by atoms with Gasteiger partial charge in [0, 0.05) is 24.7 Å². The molecule has 112 valence electrons. The van der Waals surface area contributed by atoms with E-state index in [2.05, 4.69) is 31.0 Å². The van der Waals surface area contributed by atoms with Crippen molar-refractivity contribution in [2.45, 2.75) is 90.3 Å². The molecule has 2 heteroatoms. The first kappa shape index (κ1) is 15.3. The fourth-order valence-corrected chi connectivity index (χ4v) is 4.22. The summed E-state index contributed by atoms with van der Waals surface area (Å²) < 4.78 is 0. The molecule has 1 saturated heterocycles. The van der Waals surface area contributed by atoms with Crippen molar-refractivity contribution in [2.24, 2.45) is 5.92 Å². The lowest BCUT2D eigenvalue weighted by Gasteiger charge is -2.47. The molecule has 1 heterocycles. The minimum absolute atomic E-state index is 0.741. The van der Waals surface area contributed by atoms with Gasteiger partial charge >= 0.3 is 0 Å². The van der Waals surface area contributed by atoms with Gasteiger partial charge in [-0.3, -0.25) is 4.90 Å². The highest BCUT2D eigenvalue weighted by Gasteiger charge is 2.35. The molecule has 1 N–H and O–H groups in total. The molecule has 1 aliphatic carbocycles. The summed E-state index contributed by atoms with van der Waals surface area (Å²) in [6, 6.07) is 2.37. The summed E-state index contributed by atoms with van der Waals surface area (Å²) in [6.07, 6.45) is 11.6. The molecular weight excluding hydrogens is 232 g/mol. The number of hydrogen-bond donors (Lipinski definition) is 1. The summed E-state index contributed by atoms with van der Waals surface area (Å²) >= 11 is 0. The van der Waals surface area contributed by atoms with E-state index in [1.54, 1.807) is 0 Å². The van der Waals surface area contributed by atoms with Crippen LogP contribution in [0.1, 0.15) is 72.1 Å². The van der Waals surface area contributed by atoms with Crippen LogP contribution in [-0.4, -0.2) is 36.1 Å². The van der Waals surface area contributed by atoms with Crippen LogP contribution in [0.2, 0.25) is 0 Å². The summed E-state index contributed by atoms with van der Waals surface area (Å²) in [6.45, 7) is 9.58. The number of likely N-dealkylation sites (tertiary alicyclic amines) is 1. The topological polar surface area (TPSA) is 15.3 Å². The van der Waals surface area contributed by atoms with Crippen molar-refractivity contribution in [3.8, 4) is 0 Å². The van der Waals surface area contributed by atoms with Crippen molar-refractivity contribution in [3.63, 3.8) is 0 Å². The Labute approximate surface area is 120 Å². The lowest BCUT2D eigenvalue weighted by atomic mass is 9.84. The van der Waals surface area contributed by atoms with E-state index in [4.69, 9.17) is 0 Å². The molecule has 2 rings (SSSR count). The SMILES string of the molecule is CCNC1CCN(C2CCCCCCC2)C(C)C1C. The van der Waals surface area contributed by atoms with E-state index in [9.17, 15) is 0 Å². The first-order valence-electron chi connectivity index (χ1n) is 8.73. The maximum Gasteiger partial charge on any atom is 0.0120 e. The van der Waals surface area contributed by atoms with Crippen LogP contribution in [0, 0.1) is 5.92 Å². The first-order valence-corrected chi connectivity index (χ1v) is 8.73. The third kappa shape index (κ3) is 3.95. The van der Waals surface area contributed by atoms with Crippen molar-refractivity contribution in [3.05, 3.63) is 0 Å². The van der Waals surface area contributed by atoms with E-state index in [1.165, 1.54) is 57.9 Å². The fourth-order valence-electron chi connectivity index (χ4n) is 4.22. The molecule has 2 nitrogen and oxygen atoms in total. The van der Waals surface area contributed by atoms with E-state index in [0.717, 1.165) is 30.6 Å². The van der Waals surface area contributed by atoms with Crippen LogP contribution in [0.3, 0.4) is 0 Å². The molecule has 0 amide bonds. The normalized spacial score (nSPS) is 35.8. The number of hydrogen-bond acceptors (Lipinski definition) is 2. The zero-order valence-electron chi connectivity index (χ0n) is 13.3. The molecule has 0 spiro atoms. The third-order valence-electron chi connectivity index (χ3n) is 5.63. The van der Waals surface area contributed by atoms with Gasteiger partial charge < -0.3 is 5.32 Å². The maximum absolute atomic E-state index is 3.68. The summed E-state index contributed by atoms with van der Waals surface area (Å²) in [4.78, 5) is 2.85. The number of nitrogens with one attached hydrogen (secondary N) is 1. The van der Waals surface area contributed by atoms with Crippen LogP contribution in [0.15, 0.2) is 0 Å². The molecule has 3 unspecified atom stereocenters. The zero-order chi connectivity index (χ0) is 13.7. The smallest absolute Gasteiger partial charge is 0.0120 e. The second-order valence-corrected chi connectivity index (χ2v) is 6.79. The van der Waals surface area contributed by atoms with Crippen molar-refractivity contribution >= 4 is 0 Å². The largest absolute Gasteiger partial charge is 0.314 e. The van der Waals surface area contributed by atoms with E-state index >= 15 is 0 Å². The van der Waals surface area contributed by atoms with Crippen LogP contribution in [-0.2, 0) is 0 Å². The van der Waals surface area contributed by atoms with Crippen LogP contribution >= 0.6 is 0 Å². The molecule has 0 aromatic carbocycles. The average Bonchev–Trinajstić information content (AvgIpc) is 2.36. The van der Waals surface area contributed by atoms with Gasteiger partial charge in [0.1, 0.15) is 0 Å². The van der Waals surface area contributed by atoms with Crippen molar-refractivity contribution in [1.29, 1.82) is 0 Å². The average molecular weight is 266 g/mol. The summed E-state index contributed by atoms with van der Waals surface area (Å²) in [5.74, 6) is 0.791. The van der Waals surface area contributed by atoms with Crippen molar-refractivity contribution in [1.82, 2.24) is 10.2 Å². The van der Waals surface area contributed by atoms with Crippen LogP contribution < -0.4 is 5.32 Å². The van der Waals surface area contributed by atoms with Gasteiger partial charge in [-0.2, -0.15) is 0 Å². The van der Waals surface area contributed by atoms with E-state index in [1.807, 2.05) is 0 Å². The molecule has 3 atom stereocenters. The van der Waals surface area contributed by atoms with Gasteiger partial charge in [-0.1, -0.05) is 46.0 Å². The Bertz CT molecular complexity index is 246. The Morgan fingerprint density at radius 3 is 2.21 bits per heavy atom. The van der Waals surface area contributed by atoms with E-state index in [-0.39, 0.29) is 0 Å². The highest BCUT2D eigenvalue weighted by molar-refractivity contribution is 4.91. The van der Waals surface area contributed by atoms with Gasteiger partial charge in [-0.05, 0) is 38.6 Å². The predicted molar refractivity (Wildman–Crippen MR) is 83.5 cm³/mol. The molecule has 0 radical (unpaired) electrons. The van der Waals surface area contributed by atoms with E-state index < -0.39 is 0 Å². The zero-order valence-corrected chi connectivity index (χ0v) is 13.3. The number of piperidine rings is 1. The Morgan fingerprint density at radius 1 is 0.947 bits per heavy atom. The fraction of sp³-hybridized carbons (Fsp3) is 1.00. The minimum Gasteiger partial charge on any atom is -0.314 e. The molecule has 0 aromatic heterocycles. The summed E-state index contributed by atoms with van der Waals surface area (Å²) in [5.41, 5.74) is 0. The Kier molecular flexibility index (Phi) is 6.15. The second-order valence-electron chi connectivity index (χ2n) is 6.79. The molecule has 2 aliphatic rings. The minimum atomic E-state index is 0.741. The molecule has 0 aromatic rings. The van der Waals surface area contributed by atoms with Gasteiger partial charge in [0.25, 0.3) is 0 Å². The van der Waals surface area contributed by atoms with Crippen molar-refractivity contribution < 1.29 is 0 Å². The lowest BCUT2D eigenvalue weighted by molar-refractivity contribution is 0.0367. The Balaban J connectivity index is 1.92. The van der Waals surface area contributed by atoms with Gasteiger partial charge in [-0.25, -0.2) is 0 Å². The van der Waals surface area contributed by atoms with Crippen molar-refractivity contribution in [2.75, 3.05) is 13.1 Å². The van der Waals surface area contributed by atoms with Crippen LogP contribution in [0.5, 0.6) is 0 Å². The van der Waals surface area contributed by atoms with Gasteiger partial charge in [0.15, 0.2) is 0 Å². The third-order valence-corrected chi connectivity index (χ3v) is 5.63. The standard InChI is InChI=1S/C17H34N2/c1-4-18-17-12-13-19(15(3)14(17)2)16-10-8-6-5-7-9-11-16/h14-18H,4-13H2,1-3H3. The molecule has 19 heavy (non-hydrogen) atoms. The summed E-state index contributed by atoms with van der Waals surface area (Å²) in [5, 5.41) is 3.68. The van der Waals surface area contributed by atoms with E-state index in [0.29, 0.717) is 0 Å². The molecule has 0 bridgehead atoms. The number of nitrogens with zero attached hydrogens (tertiary/aromatic N) is 1. The molecule has 1 saturated carbocycles. The van der Waals surface area contributed by atoms with Crippen LogP contribution in [0.25, 0.3) is 0 Å². The van der Waals surface area contributed by atoms with Gasteiger partial charge in [0.05, 0.1) is 0 Å².